The van der Waals surface area contributed by atoms with Crippen molar-refractivity contribution in [2.24, 2.45) is 35.5 Å². The molecule has 27 nitrogen and oxygen atoms in total. The van der Waals surface area contributed by atoms with E-state index in [1.54, 1.807) is 11.8 Å². The molecule has 3 heterocycles. The van der Waals surface area contributed by atoms with Crippen LogP contribution in [0.5, 0.6) is 0 Å². The third kappa shape index (κ3) is 25.5. The van der Waals surface area contributed by atoms with Crippen molar-refractivity contribution < 1.29 is 67.0 Å². The summed E-state index contributed by atoms with van der Waals surface area (Å²) < 4.78 is 11.8. The van der Waals surface area contributed by atoms with Crippen molar-refractivity contribution in [3.05, 3.63) is 0 Å². The van der Waals surface area contributed by atoms with Crippen LogP contribution in [-0.4, -0.2) is 278 Å². The van der Waals surface area contributed by atoms with Gasteiger partial charge < -0.3 is 75.3 Å². The zero-order valence-corrected chi connectivity index (χ0v) is 63.6. The molecule has 0 bridgehead atoms. The van der Waals surface area contributed by atoms with Gasteiger partial charge in [-0.05, 0) is 107 Å². The van der Waals surface area contributed by atoms with Crippen molar-refractivity contribution in [3.8, 4) is 0 Å². The molecule has 1 saturated carbocycles. The van der Waals surface area contributed by atoms with Gasteiger partial charge in [-0.25, -0.2) is 0 Å². The molecule has 4 fully saturated rings. The smallest absolute Gasteiger partial charge is 0.247 e. The van der Waals surface area contributed by atoms with E-state index >= 15 is 24.0 Å². The van der Waals surface area contributed by atoms with Crippen LogP contribution in [0.2, 0.25) is 0 Å². The number of carbonyl (C=O) groups is 12. The Balaban J connectivity index is 1.92. The predicted octanol–water partition coefficient (Wildman–Crippen LogP) is 3.40. The Kier molecular flexibility index (Phi) is 35.0. The van der Waals surface area contributed by atoms with Gasteiger partial charge in [0.25, 0.3) is 0 Å². The first-order chi connectivity index (χ1) is 46.5. The van der Waals surface area contributed by atoms with E-state index in [1.807, 2.05) is 69.2 Å². The molecular formula is C72H127N13O14. The fraction of sp³-hybridized carbons (Fsp3) is 0.833. The quantitative estimate of drug-likeness (QED) is 0.131. The SMILES string of the molecule is CC[C@H]1C(=O)N(C)[C@@H](CC2CCCCC2)C(=O)N[C@@H](CC(C)C)C(=O)N(C)[C@@H](CC(C)C)C(=O)N(C)[C@@H](CC(C)C)C(=O)N[C@@H](COC[C@@H]2COCCN2)C(=O)N(C)CC(=O)N(C)[C@@H](CC(C)C)C(=O)N[C@H](C(=O)N2CCCCC2)CC(=O)N(C)[C@@H](C)C(=O)N[C@@H](CC(C)C)C(=O)N1C. The molecule has 5 N–H and O–H groups in total. The van der Waals surface area contributed by atoms with Crippen molar-refractivity contribution in [1.29, 1.82) is 0 Å². The third-order valence-corrected chi connectivity index (χ3v) is 20.0. The van der Waals surface area contributed by atoms with Gasteiger partial charge in [-0.1, -0.05) is 108 Å². The first-order valence-electron chi connectivity index (χ1n) is 36.7. The molecule has 27 heteroatoms. The second kappa shape index (κ2) is 40.8. The molecule has 12 amide bonds. The molecule has 0 aromatic carbocycles. The van der Waals surface area contributed by atoms with Gasteiger partial charge in [0.1, 0.15) is 60.4 Å². The van der Waals surface area contributed by atoms with Crippen LogP contribution >= 0.6 is 0 Å². The Morgan fingerprint density at radius 1 is 0.485 bits per heavy atom. The van der Waals surface area contributed by atoms with Crippen molar-refractivity contribution in [2.75, 3.05) is 102 Å². The van der Waals surface area contributed by atoms with Gasteiger partial charge in [0.15, 0.2) is 0 Å². The Morgan fingerprint density at radius 3 is 1.46 bits per heavy atom. The number of hydrogen-bond acceptors (Lipinski definition) is 15. The van der Waals surface area contributed by atoms with Crippen molar-refractivity contribution in [3.63, 3.8) is 0 Å². The van der Waals surface area contributed by atoms with Crippen LogP contribution in [0.15, 0.2) is 0 Å². The normalized spacial score (nSPS) is 27.8. The number of morpholine rings is 1. The molecule has 3 saturated heterocycles. The van der Waals surface area contributed by atoms with E-state index in [2.05, 4.69) is 26.6 Å². The molecule has 11 atom stereocenters. The lowest BCUT2D eigenvalue weighted by molar-refractivity contribution is -0.152. The summed E-state index contributed by atoms with van der Waals surface area (Å²) in [6.07, 6.45) is 7.30. The number of likely N-dealkylation sites (tertiary alicyclic amines) is 1. The van der Waals surface area contributed by atoms with Crippen LogP contribution < -0.4 is 26.6 Å². The molecule has 99 heavy (non-hydrogen) atoms. The maximum absolute atomic E-state index is 15.4. The fourth-order valence-corrected chi connectivity index (χ4v) is 13.8. The van der Waals surface area contributed by atoms with Crippen molar-refractivity contribution >= 4 is 70.9 Å². The molecule has 1 aliphatic carbocycles. The highest BCUT2D eigenvalue weighted by atomic mass is 16.5. The van der Waals surface area contributed by atoms with E-state index in [4.69, 9.17) is 9.47 Å². The van der Waals surface area contributed by atoms with Gasteiger partial charge in [0, 0.05) is 69.0 Å². The lowest BCUT2D eigenvalue weighted by Crippen LogP contribution is -2.61. The van der Waals surface area contributed by atoms with Crippen LogP contribution in [-0.2, 0) is 67.0 Å². The maximum atomic E-state index is 15.4. The molecule has 0 aromatic rings. The number of amides is 12. The van der Waals surface area contributed by atoms with Crippen LogP contribution in [0.3, 0.4) is 0 Å². The molecular weight excluding hydrogens is 1270 g/mol. The number of piperidine rings is 1. The molecule has 4 aliphatic rings. The monoisotopic (exact) mass is 1400 g/mol. The summed E-state index contributed by atoms with van der Waals surface area (Å²) in [6, 6.07) is -12.5. The summed E-state index contributed by atoms with van der Waals surface area (Å²) in [5.41, 5.74) is 0. The lowest BCUT2D eigenvalue weighted by atomic mass is 9.84. The summed E-state index contributed by atoms with van der Waals surface area (Å²) in [5, 5.41) is 14.9. The Hall–Kier alpha value is -6.48. The van der Waals surface area contributed by atoms with E-state index in [0.717, 1.165) is 48.3 Å². The van der Waals surface area contributed by atoms with Gasteiger partial charge in [0.05, 0.1) is 45.4 Å². The van der Waals surface area contributed by atoms with E-state index in [9.17, 15) is 33.6 Å². The topological polar surface area (TPSA) is 309 Å². The first kappa shape index (κ1) is 84.9. The Morgan fingerprint density at radius 2 is 0.939 bits per heavy atom. The zero-order valence-electron chi connectivity index (χ0n) is 63.6. The average Bonchev–Trinajstić information content (AvgIpc) is 0.820. The molecule has 0 unspecified atom stereocenters. The van der Waals surface area contributed by atoms with E-state index in [-0.39, 0.29) is 99.7 Å². The van der Waals surface area contributed by atoms with Gasteiger partial charge in [-0.3, -0.25) is 57.5 Å². The molecule has 0 radical (unpaired) electrons. The minimum Gasteiger partial charge on any atom is -0.378 e. The fourth-order valence-electron chi connectivity index (χ4n) is 13.8. The zero-order chi connectivity index (χ0) is 74.3. The number of carbonyl (C=O) groups excluding carboxylic acids is 12. The van der Waals surface area contributed by atoms with E-state index in [0.29, 0.717) is 45.7 Å². The predicted molar refractivity (Wildman–Crippen MR) is 378 cm³/mol. The van der Waals surface area contributed by atoms with Gasteiger partial charge in [0.2, 0.25) is 70.9 Å². The largest absolute Gasteiger partial charge is 0.378 e. The number of rotatable bonds is 18. The highest BCUT2D eigenvalue weighted by Gasteiger charge is 2.44. The molecule has 0 spiro atoms. The first-order valence-corrected chi connectivity index (χ1v) is 36.7. The minimum atomic E-state index is -1.44. The second-order valence-electron chi connectivity index (χ2n) is 30.6. The third-order valence-electron chi connectivity index (χ3n) is 20.0. The maximum Gasteiger partial charge on any atom is 0.247 e. The van der Waals surface area contributed by atoms with Crippen LogP contribution in [0.25, 0.3) is 0 Å². The summed E-state index contributed by atoms with van der Waals surface area (Å²) in [4.78, 5) is 190. The summed E-state index contributed by atoms with van der Waals surface area (Å²) in [7, 11) is 10.2. The second-order valence-corrected chi connectivity index (χ2v) is 30.6. The van der Waals surface area contributed by atoms with E-state index < -0.39 is 144 Å². The van der Waals surface area contributed by atoms with E-state index in [1.165, 1.54) is 80.8 Å². The number of nitrogens with zero attached hydrogens (tertiary/aromatic N) is 8. The summed E-state index contributed by atoms with van der Waals surface area (Å²) in [5.74, 6) is -8.39. The van der Waals surface area contributed by atoms with Gasteiger partial charge in [-0.2, -0.15) is 0 Å². The number of ether oxygens (including phenoxy) is 2. The molecule has 564 valence electrons. The van der Waals surface area contributed by atoms with Gasteiger partial charge >= 0.3 is 0 Å². The van der Waals surface area contributed by atoms with Crippen LogP contribution in [0.1, 0.15) is 186 Å². The Bertz CT molecular complexity index is 2700. The van der Waals surface area contributed by atoms with Crippen LogP contribution in [0, 0.1) is 35.5 Å². The minimum absolute atomic E-state index is 0.0537. The molecule has 0 aromatic heterocycles. The summed E-state index contributed by atoms with van der Waals surface area (Å²) >= 11 is 0. The van der Waals surface area contributed by atoms with Gasteiger partial charge in [-0.15, -0.1) is 0 Å². The highest BCUT2D eigenvalue weighted by molar-refractivity contribution is 6.00. The number of nitrogens with one attached hydrogen (secondary N) is 5. The summed E-state index contributed by atoms with van der Waals surface area (Å²) in [6.45, 7) is 23.4. The molecule has 3 aliphatic heterocycles. The van der Waals surface area contributed by atoms with Crippen molar-refractivity contribution in [2.45, 2.75) is 252 Å². The lowest BCUT2D eigenvalue weighted by Gasteiger charge is -2.39. The number of likely N-dealkylation sites (N-methyl/N-ethyl adjacent to an activating group) is 7. The average molecular weight is 1400 g/mol. The highest BCUT2D eigenvalue weighted by Crippen LogP contribution is 2.30. The van der Waals surface area contributed by atoms with Crippen molar-refractivity contribution in [1.82, 2.24) is 65.8 Å². The van der Waals surface area contributed by atoms with Crippen LogP contribution in [0.4, 0.5) is 0 Å². The standard InChI is InChI=1S/C72H127N13O14/c1-20-56-71(96)83(18)59(38-50-27-23-21-24-28-50)66(91)75-53(34-45(4)5)69(94)84(19)60(37-48(10)11)72(97)82(17)58(36-47(8)9)65(90)77-55(43-99-42-51-41-98-32-29-73-51)67(92)78(13)40-62(87)80(15)57(35-46(6)7)64(89)76-54(70(95)85-30-25-22-26-31-85)39-61(86)79(14)49(12)63(88)74-52(33-44(2)3)68(93)81(56)16/h44-60,73H,20-43H2,1-19H3,(H,74,88)(H,75,91)(H,76,89)(H,77,90)/t49-,51-,52-,53-,54-,55-,56-,57-,58-,59-,60-/m0/s1. The number of hydrogen-bond donors (Lipinski definition) is 5. The molecule has 4 rings (SSSR count). The Labute approximate surface area is 591 Å².